The van der Waals surface area contributed by atoms with Crippen LogP contribution in [0.5, 0.6) is 0 Å². The van der Waals surface area contributed by atoms with Gasteiger partial charge in [0.1, 0.15) is 0 Å². The van der Waals surface area contributed by atoms with Crippen LogP contribution >= 0.6 is 0 Å². The van der Waals surface area contributed by atoms with Crippen LogP contribution in [0.4, 0.5) is 5.95 Å². The molecule has 2 aliphatic heterocycles. The number of carbonyl (C=O) groups is 1. The summed E-state index contributed by atoms with van der Waals surface area (Å²) in [4.78, 5) is 26.2. The minimum atomic E-state index is 0. The average Bonchev–Trinajstić information content (AvgIpc) is 3.34. The second kappa shape index (κ2) is 12.3. The van der Waals surface area contributed by atoms with Gasteiger partial charge in [0.2, 0.25) is 11.9 Å². The van der Waals surface area contributed by atoms with E-state index in [0.717, 1.165) is 63.0 Å². The van der Waals surface area contributed by atoms with Gasteiger partial charge in [0.15, 0.2) is 0 Å². The van der Waals surface area contributed by atoms with Crippen molar-refractivity contribution in [2.75, 3.05) is 44.7 Å². The van der Waals surface area contributed by atoms with E-state index in [1.807, 2.05) is 22.8 Å². The van der Waals surface area contributed by atoms with Crippen molar-refractivity contribution < 1.29 is 25.9 Å². The Hall–Kier alpha value is -2.27. The van der Waals surface area contributed by atoms with Crippen LogP contribution in [0.25, 0.3) is 5.73 Å². The van der Waals surface area contributed by atoms with Crippen LogP contribution < -0.4 is 10.2 Å². The van der Waals surface area contributed by atoms with E-state index in [-0.39, 0.29) is 39.4 Å². The maximum Gasteiger partial charge on any atom is 0.225 e. The van der Waals surface area contributed by atoms with Crippen molar-refractivity contribution in [2.24, 2.45) is 5.92 Å². The van der Waals surface area contributed by atoms with Gasteiger partial charge in [-0.2, -0.15) is 5.10 Å². The first-order valence-electron chi connectivity index (χ1n) is 11.3. The molecule has 0 unspecified atom stereocenters. The van der Waals surface area contributed by atoms with E-state index < -0.39 is 0 Å². The molecule has 0 aliphatic carbocycles. The third-order valence-corrected chi connectivity index (χ3v) is 6.27. The van der Waals surface area contributed by atoms with E-state index in [4.69, 9.17) is 5.73 Å². The number of anilines is 1. The molecule has 4 rings (SSSR count). The number of hydrogen-bond donors (Lipinski definition) is 1. The number of likely N-dealkylation sites (tertiary alicyclic amines) is 1. The van der Waals surface area contributed by atoms with E-state index in [1.165, 1.54) is 0 Å². The second-order valence-corrected chi connectivity index (χ2v) is 8.43. The molecule has 2 aromatic rings. The van der Waals surface area contributed by atoms with Crippen molar-refractivity contribution in [3.05, 3.63) is 41.6 Å². The van der Waals surface area contributed by atoms with Crippen LogP contribution in [0.15, 0.2) is 24.8 Å². The molecule has 0 spiro atoms. The zero-order valence-corrected chi connectivity index (χ0v) is 22.0. The molecule has 0 bridgehead atoms. The molecular formula is C23H31N8OW-. The fraction of sp³-hybridized carbons (Fsp3) is 0.565. The number of nitrogens with one attached hydrogen (secondary N) is 2. The van der Waals surface area contributed by atoms with Crippen LogP contribution in [0, 0.1) is 17.8 Å². The first-order valence-corrected chi connectivity index (χ1v) is 11.3. The van der Waals surface area contributed by atoms with Crippen molar-refractivity contribution in [3.8, 4) is 11.8 Å². The predicted octanol–water partition coefficient (Wildman–Crippen LogP) is 1.87. The van der Waals surface area contributed by atoms with E-state index in [1.54, 1.807) is 18.6 Å². The normalized spacial score (nSPS) is 17.3. The van der Waals surface area contributed by atoms with Crippen LogP contribution in [0.2, 0.25) is 0 Å². The molecule has 2 saturated heterocycles. The molecule has 2 aliphatic rings. The van der Waals surface area contributed by atoms with E-state index in [9.17, 15) is 4.79 Å². The molecule has 0 atom stereocenters. The minimum absolute atomic E-state index is 0. The van der Waals surface area contributed by atoms with Crippen molar-refractivity contribution in [2.45, 2.75) is 38.3 Å². The summed E-state index contributed by atoms with van der Waals surface area (Å²) in [6, 6.07) is 0.323. The van der Waals surface area contributed by atoms with Gasteiger partial charge in [0.05, 0.1) is 24.3 Å². The Balaban J connectivity index is 0.00000306. The number of carbonyl (C=O) groups excluding carboxylic acids is 1. The number of piperidine rings is 2. The Bertz CT molecular complexity index is 951. The van der Waals surface area contributed by atoms with Crippen LogP contribution in [0.1, 0.15) is 42.9 Å². The quantitative estimate of drug-likeness (QED) is 0.514. The van der Waals surface area contributed by atoms with Crippen molar-refractivity contribution >= 4 is 11.9 Å². The molecule has 0 radical (unpaired) electrons. The van der Waals surface area contributed by atoms with Gasteiger partial charge in [-0.05, 0) is 38.3 Å². The molecular weight excluding hydrogens is 588 g/mol. The van der Waals surface area contributed by atoms with E-state index in [2.05, 4.69) is 37.1 Å². The Morgan fingerprint density at radius 3 is 2.42 bits per heavy atom. The maximum atomic E-state index is 13.1. The van der Waals surface area contributed by atoms with Crippen molar-refractivity contribution in [1.82, 2.24) is 30.0 Å². The van der Waals surface area contributed by atoms with Gasteiger partial charge in [-0.3, -0.25) is 9.48 Å². The Morgan fingerprint density at radius 1 is 1.12 bits per heavy atom. The zero-order chi connectivity index (χ0) is 22.3. The molecule has 176 valence electrons. The summed E-state index contributed by atoms with van der Waals surface area (Å²) < 4.78 is 1.97. The predicted molar refractivity (Wildman–Crippen MR) is 123 cm³/mol. The molecule has 2 aromatic heterocycles. The SMILES string of the molecule is CNCC#Cc1cnc(N2CCC(C(=O)N3CCC(n4cc(C[NH-])cn4)CC3)CC2)nc1.[W]. The molecule has 9 nitrogen and oxygen atoms in total. The molecule has 0 saturated carbocycles. The molecule has 2 N–H and O–H groups in total. The summed E-state index contributed by atoms with van der Waals surface area (Å²) in [6.07, 6.45) is 10.8. The summed E-state index contributed by atoms with van der Waals surface area (Å²) >= 11 is 0. The summed E-state index contributed by atoms with van der Waals surface area (Å²) in [5.74, 6) is 7.11. The molecule has 1 amide bonds. The van der Waals surface area contributed by atoms with Crippen LogP contribution in [-0.2, 0) is 32.4 Å². The first kappa shape index (κ1) is 25.4. The van der Waals surface area contributed by atoms with Gasteiger partial charge in [0.25, 0.3) is 0 Å². The summed E-state index contributed by atoms with van der Waals surface area (Å²) in [5.41, 5.74) is 9.21. The van der Waals surface area contributed by atoms with Gasteiger partial charge in [-0.15, -0.1) is 6.54 Å². The third-order valence-electron chi connectivity index (χ3n) is 6.27. The number of rotatable bonds is 5. The van der Waals surface area contributed by atoms with Crippen LogP contribution in [0.3, 0.4) is 0 Å². The topological polar surface area (TPSA) is 103 Å². The fourth-order valence-electron chi connectivity index (χ4n) is 4.39. The Kier molecular flexibility index (Phi) is 9.42. The number of hydrogen-bond acceptors (Lipinski definition) is 6. The van der Waals surface area contributed by atoms with Gasteiger partial charge in [0, 0.05) is 71.8 Å². The monoisotopic (exact) mass is 619 g/mol. The Morgan fingerprint density at radius 2 is 1.82 bits per heavy atom. The number of nitrogens with zero attached hydrogens (tertiary/aromatic N) is 6. The molecule has 33 heavy (non-hydrogen) atoms. The van der Waals surface area contributed by atoms with Crippen molar-refractivity contribution in [3.63, 3.8) is 0 Å². The average molecular weight is 619 g/mol. The zero-order valence-electron chi connectivity index (χ0n) is 19.0. The third kappa shape index (κ3) is 6.41. The van der Waals surface area contributed by atoms with Gasteiger partial charge in [-0.1, -0.05) is 11.8 Å². The van der Waals surface area contributed by atoms with Crippen molar-refractivity contribution in [1.29, 1.82) is 0 Å². The number of amides is 1. The number of aromatic nitrogens is 4. The van der Waals surface area contributed by atoms with Gasteiger partial charge >= 0.3 is 0 Å². The van der Waals surface area contributed by atoms with E-state index >= 15 is 0 Å². The minimum Gasteiger partial charge on any atom is -0.674 e. The summed E-state index contributed by atoms with van der Waals surface area (Å²) in [6.45, 7) is 4.03. The van der Waals surface area contributed by atoms with Gasteiger partial charge in [-0.25, -0.2) is 9.97 Å². The Labute approximate surface area is 209 Å². The largest absolute Gasteiger partial charge is 0.674 e. The molecule has 0 aromatic carbocycles. The fourth-order valence-corrected chi connectivity index (χ4v) is 4.39. The molecule has 10 heteroatoms. The maximum absolute atomic E-state index is 13.1. The molecule has 2 fully saturated rings. The van der Waals surface area contributed by atoms with Crippen LogP contribution in [-0.4, -0.2) is 70.3 Å². The second-order valence-electron chi connectivity index (χ2n) is 8.43. The summed E-state index contributed by atoms with van der Waals surface area (Å²) in [7, 11) is 1.86. The first-order chi connectivity index (χ1) is 15.7. The molecule has 4 heterocycles. The van der Waals surface area contributed by atoms with Gasteiger partial charge < -0.3 is 20.9 Å². The standard InChI is InChI=1S/C23H31N8O.W/c1-25-8-2-3-18-14-26-23(27-15-18)30-9-4-20(5-10-30)22(32)29-11-6-21(7-12-29)31-17-19(13-24)16-28-31;/h14-17,20-21,24-25H,4-13H2,1H3;/q-1;. The smallest absolute Gasteiger partial charge is 0.225 e. The van der Waals surface area contributed by atoms with E-state index in [0.29, 0.717) is 18.5 Å². The summed E-state index contributed by atoms with van der Waals surface area (Å²) in [5, 5.41) is 7.38.